The Labute approximate surface area is 170 Å². The van der Waals surface area contributed by atoms with Gasteiger partial charge in [0.2, 0.25) is 0 Å². The van der Waals surface area contributed by atoms with Crippen LogP contribution in [0.3, 0.4) is 0 Å². The van der Waals surface area contributed by atoms with Crippen molar-refractivity contribution in [2.24, 2.45) is 0 Å². The van der Waals surface area contributed by atoms with E-state index in [2.05, 4.69) is 48.1 Å². The summed E-state index contributed by atoms with van der Waals surface area (Å²) in [5.41, 5.74) is 3.48. The first kappa shape index (κ1) is 16.9. The standard InChI is InChI=1S/C20H20S5/c1-21-16-10-9-14(24-16)13-7-8-15(23-13)19-17-11-3-5-12(6-4-11)18(17)20(22-2)25-19/h7-12H,3-6H2,1-2H3. The summed E-state index contributed by atoms with van der Waals surface area (Å²) in [6.07, 6.45) is 10.1. The van der Waals surface area contributed by atoms with Crippen LogP contribution in [0.5, 0.6) is 0 Å². The quantitative estimate of drug-likeness (QED) is 0.389. The maximum absolute atomic E-state index is 2.37. The molecule has 3 aliphatic rings. The molecule has 3 aliphatic carbocycles. The molecule has 1 saturated carbocycles. The van der Waals surface area contributed by atoms with Crippen molar-refractivity contribution in [3.8, 4) is 19.5 Å². The molecule has 0 N–H and O–H groups in total. The molecule has 6 rings (SSSR count). The number of thioether (sulfide) groups is 2. The zero-order valence-corrected chi connectivity index (χ0v) is 18.4. The monoisotopic (exact) mass is 420 g/mol. The molecule has 130 valence electrons. The number of hydrogen-bond acceptors (Lipinski definition) is 5. The fraction of sp³-hybridized carbons (Fsp3) is 0.400. The normalized spacial score (nSPS) is 21.7. The zero-order valence-electron chi connectivity index (χ0n) is 14.3. The second-order valence-electron chi connectivity index (χ2n) is 6.79. The minimum atomic E-state index is 0.822. The average molecular weight is 421 g/mol. The van der Waals surface area contributed by atoms with Gasteiger partial charge in [-0.1, -0.05) is 0 Å². The number of fused-ring (bicyclic) bond motifs is 2. The molecule has 0 atom stereocenters. The van der Waals surface area contributed by atoms with Crippen LogP contribution in [0.15, 0.2) is 32.7 Å². The van der Waals surface area contributed by atoms with Crippen LogP contribution in [0.4, 0.5) is 0 Å². The highest BCUT2D eigenvalue weighted by molar-refractivity contribution is 8.00. The van der Waals surface area contributed by atoms with Crippen molar-refractivity contribution in [1.29, 1.82) is 0 Å². The summed E-state index contributed by atoms with van der Waals surface area (Å²) in [6, 6.07) is 9.24. The van der Waals surface area contributed by atoms with Crippen molar-refractivity contribution in [2.45, 2.75) is 45.9 Å². The summed E-state index contributed by atoms with van der Waals surface area (Å²) in [6.45, 7) is 0. The van der Waals surface area contributed by atoms with Gasteiger partial charge in [0.25, 0.3) is 0 Å². The molecule has 0 spiro atoms. The molecule has 3 heterocycles. The van der Waals surface area contributed by atoms with E-state index in [4.69, 9.17) is 0 Å². The molecule has 0 unspecified atom stereocenters. The van der Waals surface area contributed by atoms with Crippen LogP contribution >= 0.6 is 57.5 Å². The average Bonchev–Trinajstić information content (AvgIpc) is 3.39. The Morgan fingerprint density at radius 2 is 1.36 bits per heavy atom. The Balaban J connectivity index is 1.59. The van der Waals surface area contributed by atoms with Crippen molar-refractivity contribution in [1.82, 2.24) is 0 Å². The fourth-order valence-corrected chi connectivity index (χ4v) is 9.44. The van der Waals surface area contributed by atoms with Crippen LogP contribution in [0, 0.1) is 0 Å². The first-order valence-electron chi connectivity index (χ1n) is 8.73. The van der Waals surface area contributed by atoms with E-state index in [0.29, 0.717) is 0 Å². The first-order valence-corrected chi connectivity index (χ1v) is 13.6. The zero-order chi connectivity index (χ0) is 17.0. The Bertz CT molecular complexity index is 905. The van der Waals surface area contributed by atoms with Gasteiger partial charge < -0.3 is 0 Å². The lowest BCUT2D eigenvalue weighted by atomic mass is 9.68. The molecule has 2 bridgehead atoms. The molecular formula is C20H20S5. The van der Waals surface area contributed by atoms with E-state index in [9.17, 15) is 0 Å². The number of rotatable bonds is 4. The Morgan fingerprint density at radius 3 is 2.04 bits per heavy atom. The van der Waals surface area contributed by atoms with Gasteiger partial charge in [0.1, 0.15) is 0 Å². The summed E-state index contributed by atoms with van der Waals surface area (Å²) in [5, 5.41) is 0. The molecular weight excluding hydrogens is 401 g/mol. The summed E-state index contributed by atoms with van der Waals surface area (Å²) in [5.74, 6) is 1.66. The Hall–Kier alpha value is -0.200. The van der Waals surface area contributed by atoms with Gasteiger partial charge in [-0.2, -0.15) is 0 Å². The molecule has 0 radical (unpaired) electrons. The summed E-state index contributed by atoms with van der Waals surface area (Å²) in [4.78, 5) is 5.92. The van der Waals surface area contributed by atoms with Crippen LogP contribution in [-0.4, -0.2) is 12.5 Å². The van der Waals surface area contributed by atoms with Crippen molar-refractivity contribution >= 4 is 57.5 Å². The lowest BCUT2D eigenvalue weighted by molar-refractivity contribution is 0.358. The molecule has 0 aromatic carbocycles. The van der Waals surface area contributed by atoms with E-state index < -0.39 is 0 Å². The highest BCUT2D eigenvalue weighted by Crippen LogP contribution is 2.59. The van der Waals surface area contributed by atoms with E-state index in [1.54, 1.807) is 20.2 Å². The van der Waals surface area contributed by atoms with Gasteiger partial charge in [-0.25, -0.2) is 0 Å². The van der Waals surface area contributed by atoms with Crippen molar-refractivity contribution in [3.05, 3.63) is 35.4 Å². The summed E-state index contributed by atoms with van der Waals surface area (Å²) in [7, 11) is 0. The van der Waals surface area contributed by atoms with Crippen LogP contribution in [-0.2, 0) is 0 Å². The van der Waals surface area contributed by atoms with Crippen LogP contribution in [0.25, 0.3) is 19.5 Å². The molecule has 0 amide bonds. The SMILES string of the molecule is CSc1ccc(-c2ccc(-c3sc(SC)c4c3C3CCC4CC3)s2)s1. The highest BCUT2D eigenvalue weighted by Gasteiger charge is 2.38. The van der Waals surface area contributed by atoms with Gasteiger partial charge in [0.15, 0.2) is 0 Å². The predicted octanol–water partition coefficient (Wildman–Crippen LogP) is 8.40. The third-order valence-electron chi connectivity index (χ3n) is 5.53. The molecule has 3 aromatic heterocycles. The minimum absolute atomic E-state index is 0.822. The molecule has 1 fully saturated rings. The Morgan fingerprint density at radius 1 is 0.720 bits per heavy atom. The van der Waals surface area contributed by atoms with Gasteiger partial charge in [0, 0.05) is 19.5 Å². The highest BCUT2D eigenvalue weighted by atomic mass is 32.2. The van der Waals surface area contributed by atoms with Gasteiger partial charge in [-0.15, -0.1) is 57.5 Å². The number of hydrogen-bond donors (Lipinski definition) is 0. The van der Waals surface area contributed by atoms with E-state index in [1.165, 1.54) is 44.5 Å². The first-order chi connectivity index (χ1) is 12.3. The van der Waals surface area contributed by atoms with Crippen molar-refractivity contribution < 1.29 is 0 Å². The van der Waals surface area contributed by atoms with Gasteiger partial charge in [-0.3, -0.25) is 0 Å². The fourth-order valence-electron chi connectivity index (χ4n) is 4.39. The maximum atomic E-state index is 2.37. The summed E-state index contributed by atoms with van der Waals surface area (Å²) < 4.78 is 3.00. The summed E-state index contributed by atoms with van der Waals surface area (Å²) >= 11 is 9.79. The molecule has 0 aliphatic heterocycles. The van der Waals surface area contributed by atoms with E-state index in [1.807, 2.05) is 46.2 Å². The van der Waals surface area contributed by atoms with Gasteiger partial charge in [-0.05, 0) is 85.4 Å². The Kier molecular flexibility index (Phi) is 4.58. The van der Waals surface area contributed by atoms with Crippen molar-refractivity contribution in [3.63, 3.8) is 0 Å². The maximum Gasteiger partial charge on any atom is 0.0640 e. The van der Waals surface area contributed by atoms with E-state index >= 15 is 0 Å². The molecule has 0 nitrogen and oxygen atoms in total. The van der Waals surface area contributed by atoms with Crippen molar-refractivity contribution in [2.75, 3.05) is 12.5 Å². The van der Waals surface area contributed by atoms with Crippen LogP contribution in [0.2, 0.25) is 0 Å². The van der Waals surface area contributed by atoms with Crippen LogP contribution in [0.1, 0.15) is 48.6 Å². The third kappa shape index (κ3) is 2.78. The smallest absolute Gasteiger partial charge is 0.0640 e. The molecule has 5 heteroatoms. The topological polar surface area (TPSA) is 0 Å². The molecule has 25 heavy (non-hydrogen) atoms. The van der Waals surface area contributed by atoms with E-state index in [-0.39, 0.29) is 0 Å². The lowest BCUT2D eigenvalue weighted by Crippen LogP contribution is -2.20. The molecule has 0 saturated heterocycles. The minimum Gasteiger partial charge on any atom is -0.134 e. The number of thiophene rings is 3. The largest absolute Gasteiger partial charge is 0.134 e. The van der Waals surface area contributed by atoms with Gasteiger partial charge >= 0.3 is 0 Å². The van der Waals surface area contributed by atoms with E-state index in [0.717, 1.165) is 11.8 Å². The second-order valence-corrected chi connectivity index (χ2v) is 12.2. The second kappa shape index (κ2) is 6.75. The van der Waals surface area contributed by atoms with Crippen LogP contribution < -0.4 is 0 Å². The third-order valence-corrected chi connectivity index (χ3v) is 11.5. The predicted molar refractivity (Wildman–Crippen MR) is 118 cm³/mol. The molecule has 3 aromatic rings. The van der Waals surface area contributed by atoms with Gasteiger partial charge in [0.05, 0.1) is 8.42 Å². The lowest BCUT2D eigenvalue weighted by Gasteiger charge is -2.37.